The van der Waals surface area contributed by atoms with Crippen molar-refractivity contribution in [3.8, 4) is 0 Å². The first kappa shape index (κ1) is 14.9. The molecule has 0 unspecified atom stereocenters. The molecule has 120 valence electrons. The highest BCUT2D eigenvalue weighted by molar-refractivity contribution is 7.99. The largest absolute Gasteiger partial charge is 0.309 e. The van der Waals surface area contributed by atoms with Crippen LogP contribution < -0.4 is 5.56 Å². The standard InChI is InChI=1S/C15H17N5OS2/c1-6-7(2)22-14-10(6)13(21)16-11(17-14)8(3)23-15-18-12(19-20-15)9-4-5-9/h8-9H,4-5H2,1-3H3,(H,16,17,21)(H,18,19,20)/t8-/m0/s1. The third-order valence-corrected chi connectivity index (χ3v) is 6.24. The van der Waals surface area contributed by atoms with Crippen LogP contribution in [0.2, 0.25) is 0 Å². The highest BCUT2D eigenvalue weighted by atomic mass is 32.2. The van der Waals surface area contributed by atoms with E-state index in [1.807, 2.05) is 20.8 Å². The maximum absolute atomic E-state index is 12.4. The zero-order valence-electron chi connectivity index (χ0n) is 13.1. The summed E-state index contributed by atoms with van der Waals surface area (Å²) in [6, 6.07) is 0. The third kappa shape index (κ3) is 2.70. The van der Waals surface area contributed by atoms with Crippen LogP contribution in [-0.4, -0.2) is 25.1 Å². The molecule has 3 aromatic rings. The van der Waals surface area contributed by atoms with Crippen molar-refractivity contribution in [2.45, 2.75) is 49.9 Å². The molecular formula is C15H17N5OS2. The molecule has 1 atom stereocenters. The topological polar surface area (TPSA) is 87.3 Å². The van der Waals surface area contributed by atoms with Gasteiger partial charge in [-0.25, -0.2) is 9.97 Å². The summed E-state index contributed by atoms with van der Waals surface area (Å²) >= 11 is 3.08. The normalized spacial score (nSPS) is 16.1. The maximum atomic E-state index is 12.4. The molecule has 1 aliphatic carbocycles. The average molecular weight is 347 g/mol. The minimum Gasteiger partial charge on any atom is -0.309 e. The highest BCUT2D eigenvalue weighted by Crippen LogP contribution is 2.39. The molecule has 0 bridgehead atoms. The van der Waals surface area contributed by atoms with Crippen molar-refractivity contribution in [3.63, 3.8) is 0 Å². The van der Waals surface area contributed by atoms with Crippen LogP contribution in [0.3, 0.4) is 0 Å². The van der Waals surface area contributed by atoms with Crippen molar-refractivity contribution in [1.82, 2.24) is 25.1 Å². The molecule has 2 N–H and O–H groups in total. The number of thioether (sulfide) groups is 1. The van der Waals surface area contributed by atoms with Crippen LogP contribution >= 0.6 is 23.1 Å². The van der Waals surface area contributed by atoms with Gasteiger partial charge in [0.15, 0.2) is 0 Å². The van der Waals surface area contributed by atoms with Crippen molar-refractivity contribution in [2.75, 3.05) is 0 Å². The van der Waals surface area contributed by atoms with Gasteiger partial charge in [0.05, 0.1) is 10.6 Å². The maximum Gasteiger partial charge on any atom is 0.259 e. The zero-order chi connectivity index (χ0) is 16.1. The minimum atomic E-state index is -0.0621. The van der Waals surface area contributed by atoms with E-state index in [4.69, 9.17) is 0 Å². The van der Waals surface area contributed by atoms with Crippen molar-refractivity contribution in [2.24, 2.45) is 0 Å². The van der Waals surface area contributed by atoms with Crippen LogP contribution in [0, 0.1) is 13.8 Å². The zero-order valence-corrected chi connectivity index (χ0v) is 14.8. The molecule has 23 heavy (non-hydrogen) atoms. The van der Waals surface area contributed by atoms with Crippen LogP contribution in [-0.2, 0) is 0 Å². The predicted molar refractivity (Wildman–Crippen MR) is 92.3 cm³/mol. The van der Waals surface area contributed by atoms with E-state index in [9.17, 15) is 4.79 Å². The Kier molecular flexibility index (Phi) is 3.53. The van der Waals surface area contributed by atoms with Crippen molar-refractivity contribution >= 4 is 33.3 Å². The van der Waals surface area contributed by atoms with Crippen LogP contribution in [0.1, 0.15) is 53.0 Å². The van der Waals surface area contributed by atoms with E-state index >= 15 is 0 Å². The fourth-order valence-corrected chi connectivity index (χ4v) is 4.35. The van der Waals surface area contributed by atoms with Gasteiger partial charge in [-0.15, -0.1) is 16.4 Å². The summed E-state index contributed by atoms with van der Waals surface area (Å²) in [6.07, 6.45) is 2.38. The monoisotopic (exact) mass is 347 g/mol. The SMILES string of the molecule is Cc1sc2nc([C@H](C)Sc3n[nH]c(C4CC4)n3)[nH]c(=O)c2c1C. The number of aromatic amines is 2. The first-order chi connectivity index (χ1) is 11.0. The van der Waals surface area contributed by atoms with Crippen LogP contribution in [0.5, 0.6) is 0 Å². The Morgan fingerprint density at radius 1 is 1.30 bits per heavy atom. The van der Waals surface area contributed by atoms with Gasteiger partial charge in [0.2, 0.25) is 5.16 Å². The summed E-state index contributed by atoms with van der Waals surface area (Å²) in [5.74, 6) is 2.20. The van der Waals surface area contributed by atoms with Gasteiger partial charge in [0.1, 0.15) is 16.5 Å². The highest BCUT2D eigenvalue weighted by Gasteiger charge is 2.27. The third-order valence-electron chi connectivity index (χ3n) is 4.17. The number of aryl methyl sites for hydroxylation is 2. The van der Waals surface area contributed by atoms with Gasteiger partial charge < -0.3 is 4.98 Å². The number of nitrogens with zero attached hydrogens (tertiary/aromatic N) is 3. The second kappa shape index (κ2) is 5.45. The molecule has 4 rings (SSSR count). The fraction of sp³-hybridized carbons (Fsp3) is 0.467. The number of hydrogen-bond acceptors (Lipinski definition) is 6. The number of aromatic nitrogens is 5. The van der Waals surface area contributed by atoms with E-state index in [2.05, 4.69) is 25.1 Å². The lowest BCUT2D eigenvalue weighted by Gasteiger charge is -2.07. The summed E-state index contributed by atoms with van der Waals surface area (Å²) in [6.45, 7) is 6.00. The van der Waals surface area contributed by atoms with Gasteiger partial charge in [-0.05, 0) is 39.2 Å². The number of thiophene rings is 1. The molecule has 0 aromatic carbocycles. The van der Waals surface area contributed by atoms with Crippen LogP contribution in [0.25, 0.3) is 10.2 Å². The molecule has 1 saturated carbocycles. The summed E-state index contributed by atoms with van der Waals surface area (Å²) in [5, 5.41) is 8.66. The predicted octanol–water partition coefficient (Wildman–Crippen LogP) is 3.45. The van der Waals surface area contributed by atoms with Crippen molar-refractivity contribution in [3.05, 3.63) is 32.4 Å². The lowest BCUT2D eigenvalue weighted by Crippen LogP contribution is -2.12. The van der Waals surface area contributed by atoms with Crippen molar-refractivity contribution in [1.29, 1.82) is 0 Å². The van der Waals surface area contributed by atoms with E-state index in [1.54, 1.807) is 11.3 Å². The second-order valence-electron chi connectivity index (χ2n) is 5.95. The van der Waals surface area contributed by atoms with E-state index < -0.39 is 0 Å². The first-order valence-corrected chi connectivity index (χ1v) is 9.31. The molecule has 0 amide bonds. The van der Waals surface area contributed by atoms with E-state index in [0.29, 0.717) is 22.3 Å². The number of rotatable bonds is 4. The van der Waals surface area contributed by atoms with E-state index in [-0.39, 0.29) is 10.8 Å². The molecule has 0 saturated heterocycles. The summed E-state index contributed by atoms with van der Waals surface area (Å²) in [7, 11) is 0. The number of H-pyrrole nitrogens is 2. The Morgan fingerprint density at radius 2 is 2.09 bits per heavy atom. The Bertz CT molecular complexity index is 937. The lowest BCUT2D eigenvalue weighted by molar-refractivity contribution is 0.905. The Hall–Kier alpha value is -1.67. The molecule has 0 spiro atoms. The van der Waals surface area contributed by atoms with E-state index in [0.717, 1.165) is 21.1 Å². The molecule has 3 heterocycles. The summed E-state index contributed by atoms with van der Waals surface area (Å²) < 4.78 is 0. The Balaban J connectivity index is 1.63. The minimum absolute atomic E-state index is 0.0161. The fourth-order valence-electron chi connectivity index (χ4n) is 2.53. The Morgan fingerprint density at radius 3 is 2.83 bits per heavy atom. The Labute approximate surface area is 141 Å². The van der Waals surface area contributed by atoms with Gasteiger partial charge in [-0.1, -0.05) is 11.8 Å². The van der Waals surface area contributed by atoms with Crippen LogP contribution in [0.15, 0.2) is 9.95 Å². The first-order valence-electron chi connectivity index (χ1n) is 7.62. The molecule has 6 nitrogen and oxygen atoms in total. The van der Waals surface area contributed by atoms with Gasteiger partial charge in [0.25, 0.3) is 5.56 Å². The molecule has 8 heteroatoms. The van der Waals surface area contributed by atoms with E-state index in [1.165, 1.54) is 24.6 Å². The number of fused-ring (bicyclic) bond motifs is 1. The molecule has 3 aromatic heterocycles. The summed E-state index contributed by atoms with van der Waals surface area (Å²) in [4.78, 5) is 26.4. The van der Waals surface area contributed by atoms with Gasteiger partial charge in [0, 0.05) is 10.8 Å². The molecule has 1 fully saturated rings. The molecule has 0 radical (unpaired) electrons. The smallest absolute Gasteiger partial charge is 0.259 e. The number of nitrogens with one attached hydrogen (secondary N) is 2. The van der Waals surface area contributed by atoms with Crippen molar-refractivity contribution < 1.29 is 0 Å². The van der Waals surface area contributed by atoms with Gasteiger partial charge >= 0.3 is 0 Å². The molecule has 1 aliphatic rings. The molecule has 0 aliphatic heterocycles. The van der Waals surface area contributed by atoms with Gasteiger partial charge in [-0.3, -0.25) is 9.89 Å². The molecular weight excluding hydrogens is 330 g/mol. The second-order valence-corrected chi connectivity index (χ2v) is 8.46. The number of hydrogen-bond donors (Lipinski definition) is 2. The van der Waals surface area contributed by atoms with Crippen LogP contribution in [0.4, 0.5) is 0 Å². The van der Waals surface area contributed by atoms with Gasteiger partial charge in [-0.2, -0.15) is 0 Å². The lowest BCUT2D eigenvalue weighted by atomic mass is 10.2. The average Bonchev–Trinajstić information content (AvgIpc) is 3.19. The quantitative estimate of drug-likeness (QED) is 0.706. The summed E-state index contributed by atoms with van der Waals surface area (Å²) in [5.41, 5.74) is 0.960.